The van der Waals surface area contributed by atoms with Crippen molar-refractivity contribution in [3.05, 3.63) is 64.4 Å². The molecule has 0 fully saturated rings. The highest BCUT2D eigenvalue weighted by Crippen LogP contribution is 2.21. The van der Waals surface area contributed by atoms with Gasteiger partial charge in [-0.3, -0.25) is 4.40 Å². The van der Waals surface area contributed by atoms with Gasteiger partial charge in [-0.05, 0) is 23.8 Å². The number of imidazole rings is 1. The largest absolute Gasteiger partial charge is 0.476 e. The number of aromatic nitrogens is 2. The molecule has 2 heterocycles. The minimum Gasteiger partial charge on any atom is -0.476 e. The molecule has 0 atom stereocenters. The van der Waals surface area contributed by atoms with E-state index >= 15 is 0 Å². The van der Waals surface area contributed by atoms with Crippen molar-refractivity contribution in [2.75, 3.05) is 5.32 Å². The molecule has 0 spiro atoms. The highest BCUT2D eigenvalue weighted by atomic mass is 79.9. The lowest BCUT2D eigenvalue weighted by molar-refractivity contribution is 0.0690. The van der Waals surface area contributed by atoms with Crippen LogP contribution >= 0.6 is 15.9 Å². The number of benzene rings is 1. The van der Waals surface area contributed by atoms with E-state index in [0.717, 1.165) is 10.0 Å². The van der Waals surface area contributed by atoms with Crippen molar-refractivity contribution >= 4 is 33.4 Å². The van der Waals surface area contributed by atoms with E-state index < -0.39 is 5.97 Å². The fraction of sp³-hybridized carbons (Fsp3) is 0.0667. The first-order chi connectivity index (χ1) is 10.2. The molecule has 0 aliphatic heterocycles. The lowest BCUT2D eigenvalue weighted by atomic mass is 10.2. The minimum absolute atomic E-state index is 0.137. The van der Waals surface area contributed by atoms with Gasteiger partial charge in [0, 0.05) is 17.2 Å². The highest BCUT2D eigenvalue weighted by molar-refractivity contribution is 9.10. The fourth-order valence-electron chi connectivity index (χ4n) is 2.14. The van der Waals surface area contributed by atoms with Crippen molar-refractivity contribution in [1.29, 1.82) is 0 Å². The number of rotatable bonds is 4. The van der Waals surface area contributed by atoms with Gasteiger partial charge in [0.15, 0.2) is 11.5 Å². The summed E-state index contributed by atoms with van der Waals surface area (Å²) in [7, 11) is 0. The maximum atomic E-state index is 11.5. The Balaban J connectivity index is 1.95. The third-order valence-corrected chi connectivity index (χ3v) is 3.91. The number of hydrogen-bond donors (Lipinski definition) is 2. The maximum absolute atomic E-state index is 11.5. The van der Waals surface area contributed by atoms with Gasteiger partial charge >= 0.3 is 5.97 Å². The molecule has 3 aromatic rings. The molecular formula is C15H12BrN3O2. The summed E-state index contributed by atoms with van der Waals surface area (Å²) in [4.78, 5) is 15.8. The number of anilines is 1. The van der Waals surface area contributed by atoms with E-state index in [1.54, 1.807) is 22.7 Å². The van der Waals surface area contributed by atoms with Crippen LogP contribution in [-0.4, -0.2) is 20.5 Å². The second kappa shape index (κ2) is 5.57. The van der Waals surface area contributed by atoms with E-state index in [-0.39, 0.29) is 5.69 Å². The van der Waals surface area contributed by atoms with E-state index in [0.29, 0.717) is 18.0 Å². The van der Waals surface area contributed by atoms with E-state index in [2.05, 4.69) is 26.2 Å². The van der Waals surface area contributed by atoms with Crippen LogP contribution < -0.4 is 5.32 Å². The molecule has 0 bridgehead atoms. The smallest absolute Gasteiger partial charge is 0.356 e. The van der Waals surface area contributed by atoms with E-state index in [1.165, 1.54) is 0 Å². The average molecular weight is 346 g/mol. The highest BCUT2D eigenvalue weighted by Gasteiger charge is 2.18. The molecule has 1 aromatic carbocycles. The van der Waals surface area contributed by atoms with Crippen LogP contribution in [0.5, 0.6) is 0 Å². The standard InChI is InChI=1S/C15H12BrN3O2/c16-11-6-2-1-5-10(11)9-17-14-13(15(20)21)19-8-4-3-7-12(19)18-14/h1-8,17H,9H2,(H,20,21). The Kier molecular flexibility index (Phi) is 3.62. The number of nitrogens with one attached hydrogen (secondary N) is 1. The summed E-state index contributed by atoms with van der Waals surface area (Å²) >= 11 is 3.47. The average Bonchev–Trinajstić information content (AvgIpc) is 2.85. The molecule has 0 saturated heterocycles. The van der Waals surface area contributed by atoms with Crippen molar-refractivity contribution in [3.8, 4) is 0 Å². The Morgan fingerprint density at radius 1 is 1.24 bits per heavy atom. The number of halogens is 1. The Morgan fingerprint density at radius 2 is 2.00 bits per heavy atom. The van der Waals surface area contributed by atoms with E-state index in [9.17, 15) is 9.90 Å². The van der Waals surface area contributed by atoms with Crippen LogP contribution in [0.3, 0.4) is 0 Å². The van der Waals surface area contributed by atoms with Crippen molar-refractivity contribution < 1.29 is 9.90 Å². The number of carbonyl (C=O) groups is 1. The van der Waals surface area contributed by atoms with Gasteiger partial charge in [-0.1, -0.05) is 40.2 Å². The first-order valence-electron chi connectivity index (χ1n) is 6.34. The number of aromatic carboxylic acids is 1. The topological polar surface area (TPSA) is 66.6 Å². The Hall–Kier alpha value is -2.34. The van der Waals surface area contributed by atoms with Crippen molar-refractivity contribution in [2.45, 2.75) is 6.54 Å². The van der Waals surface area contributed by atoms with Crippen LogP contribution in [0.15, 0.2) is 53.1 Å². The summed E-state index contributed by atoms with van der Waals surface area (Å²) in [6.45, 7) is 0.492. The number of carboxylic acid groups (broad SMARTS) is 1. The molecule has 0 saturated carbocycles. The van der Waals surface area contributed by atoms with Crippen LogP contribution in [-0.2, 0) is 6.54 Å². The van der Waals surface area contributed by atoms with Gasteiger partial charge in [-0.2, -0.15) is 0 Å². The molecule has 6 heteroatoms. The molecule has 5 nitrogen and oxygen atoms in total. The lowest BCUT2D eigenvalue weighted by Gasteiger charge is -2.06. The Labute approximate surface area is 129 Å². The molecule has 0 amide bonds. The van der Waals surface area contributed by atoms with Gasteiger partial charge < -0.3 is 10.4 Å². The summed E-state index contributed by atoms with van der Waals surface area (Å²) < 4.78 is 2.53. The molecule has 21 heavy (non-hydrogen) atoms. The van der Waals surface area contributed by atoms with Gasteiger partial charge in [0.25, 0.3) is 0 Å². The molecule has 2 N–H and O–H groups in total. The fourth-order valence-corrected chi connectivity index (χ4v) is 2.57. The molecule has 0 radical (unpaired) electrons. The summed E-state index contributed by atoms with van der Waals surface area (Å²) in [5.74, 6) is -0.646. The first kappa shape index (κ1) is 13.6. The normalized spacial score (nSPS) is 10.7. The molecule has 0 aliphatic rings. The monoisotopic (exact) mass is 345 g/mol. The van der Waals surface area contributed by atoms with Gasteiger partial charge in [0.2, 0.25) is 0 Å². The molecular weight excluding hydrogens is 334 g/mol. The van der Waals surface area contributed by atoms with E-state index in [4.69, 9.17) is 0 Å². The Morgan fingerprint density at radius 3 is 2.76 bits per heavy atom. The number of pyridine rings is 1. The van der Waals surface area contributed by atoms with Crippen molar-refractivity contribution in [3.63, 3.8) is 0 Å². The van der Waals surface area contributed by atoms with Gasteiger partial charge in [0.1, 0.15) is 5.65 Å². The summed E-state index contributed by atoms with van der Waals surface area (Å²) in [6.07, 6.45) is 1.69. The molecule has 2 aromatic heterocycles. The zero-order chi connectivity index (χ0) is 14.8. The minimum atomic E-state index is -1.01. The molecule has 0 aliphatic carbocycles. The Bertz CT molecular complexity index is 814. The second-order valence-electron chi connectivity index (χ2n) is 4.49. The zero-order valence-corrected chi connectivity index (χ0v) is 12.5. The predicted octanol–water partition coefficient (Wildman–Crippen LogP) is 3.41. The quantitative estimate of drug-likeness (QED) is 0.760. The SMILES string of the molecule is O=C(O)c1c(NCc2ccccc2Br)nc2ccccn12. The van der Waals surface area contributed by atoms with Crippen LogP contribution in [0.25, 0.3) is 5.65 Å². The van der Waals surface area contributed by atoms with Crippen LogP contribution in [0.4, 0.5) is 5.82 Å². The number of fused-ring (bicyclic) bond motifs is 1. The third-order valence-electron chi connectivity index (χ3n) is 3.14. The van der Waals surface area contributed by atoms with Crippen LogP contribution in [0.1, 0.15) is 16.1 Å². The zero-order valence-electron chi connectivity index (χ0n) is 11.0. The number of hydrogen-bond acceptors (Lipinski definition) is 3. The molecule has 3 rings (SSSR count). The van der Waals surface area contributed by atoms with Crippen LogP contribution in [0, 0.1) is 0 Å². The van der Waals surface area contributed by atoms with Gasteiger partial charge in [-0.25, -0.2) is 9.78 Å². The number of carboxylic acids is 1. The molecule has 106 valence electrons. The summed E-state index contributed by atoms with van der Waals surface area (Å²) in [5, 5.41) is 12.5. The first-order valence-corrected chi connectivity index (χ1v) is 7.14. The number of nitrogens with zero attached hydrogens (tertiary/aromatic N) is 2. The van der Waals surface area contributed by atoms with Gasteiger partial charge in [-0.15, -0.1) is 0 Å². The second-order valence-corrected chi connectivity index (χ2v) is 5.34. The van der Waals surface area contributed by atoms with Crippen molar-refractivity contribution in [2.24, 2.45) is 0 Å². The molecule has 0 unspecified atom stereocenters. The summed E-state index contributed by atoms with van der Waals surface area (Å²) in [5.41, 5.74) is 1.77. The third kappa shape index (κ3) is 2.62. The van der Waals surface area contributed by atoms with E-state index in [1.807, 2.05) is 30.3 Å². The van der Waals surface area contributed by atoms with Crippen LogP contribution in [0.2, 0.25) is 0 Å². The lowest BCUT2D eigenvalue weighted by Crippen LogP contribution is -2.08. The maximum Gasteiger partial charge on any atom is 0.356 e. The van der Waals surface area contributed by atoms with Crippen molar-refractivity contribution in [1.82, 2.24) is 9.38 Å². The predicted molar refractivity (Wildman–Crippen MR) is 83.6 cm³/mol. The summed E-state index contributed by atoms with van der Waals surface area (Å²) in [6, 6.07) is 13.1. The van der Waals surface area contributed by atoms with Gasteiger partial charge in [0.05, 0.1) is 0 Å².